The molecule has 1 aliphatic heterocycles. The normalized spacial score (nSPS) is 14.4. The van der Waals surface area contributed by atoms with E-state index in [4.69, 9.17) is 10.5 Å². The molecule has 0 saturated carbocycles. The number of ether oxygens (including phenoxy) is 1. The summed E-state index contributed by atoms with van der Waals surface area (Å²) < 4.78 is 6.87. The minimum Gasteiger partial charge on any atom is -0.504 e. The van der Waals surface area contributed by atoms with Crippen molar-refractivity contribution < 1.29 is 14.6 Å². The van der Waals surface area contributed by atoms with Crippen molar-refractivity contribution in [3.05, 3.63) is 42.0 Å². The van der Waals surface area contributed by atoms with E-state index < -0.39 is 6.03 Å². The van der Waals surface area contributed by atoms with Gasteiger partial charge in [0.25, 0.3) is 0 Å². The number of hydrogen-bond acceptors (Lipinski definition) is 6. The smallest absolute Gasteiger partial charge is 0.312 e. The number of amides is 2. The number of hydrogen-bond donors (Lipinski definition) is 3. The van der Waals surface area contributed by atoms with Gasteiger partial charge >= 0.3 is 6.03 Å². The Morgan fingerprint density at radius 3 is 3.04 bits per heavy atom. The van der Waals surface area contributed by atoms with E-state index in [-0.39, 0.29) is 5.75 Å². The average Bonchev–Trinajstić information content (AvgIpc) is 2.96. The van der Waals surface area contributed by atoms with Crippen LogP contribution in [0.3, 0.4) is 0 Å². The van der Waals surface area contributed by atoms with Crippen LogP contribution in [-0.4, -0.2) is 47.3 Å². The quantitative estimate of drug-likeness (QED) is 0.642. The first-order valence-corrected chi connectivity index (χ1v) is 9.52. The third-order valence-electron chi connectivity index (χ3n) is 4.46. The minimum atomic E-state index is -0.530. The molecule has 3 aromatic rings. The first-order chi connectivity index (χ1) is 13.1. The molecule has 0 fully saturated rings. The highest BCUT2D eigenvalue weighted by molar-refractivity contribution is 7.21. The van der Waals surface area contributed by atoms with Crippen molar-refractivity contribution in [1.29, 1.82) is 0 Å². The average molecular weight is 384 g/mol. The lowest BCUT2D eigenvalue weighted by molar-refractivity contribution is 0.220. The molecule has 7 nitrogen and oxygen atoms in total. The fraction of sp³-hybridized carbons (Fsp3) is 0.263. The Kier molecular flexibility index (Phi) is 4.83. The Balaban J connectivity index is 1.62. The van der Waals surface area contributed by atoms with Crippen molar-refractivity contribution in [3.8, 4) is 22.1 Å². The fourth-order valence-electron chi connectivity index (χ4n) is 3.20. The highest BCUT2D eigenvalue weighted by Gasteiger charge is 2.20. The maximum absolute atomic E-state index is 10.9. The molecule has 0 radical (unpaired) electrons. The molecule has 8 heteroatoms. The van der Waals surface area contributed by atoms with E-state index in [1.807, 2.05) is 30.3 Å². The molecule has 0 unspecified atom stereocenters. The van der Waals surface area contributed by atoms with Crippen molar-refractivity contribution in [2.45, 2.75) is 6.54 Å². The van der Waals surface area contributed by atoms with Crippen molar-refractivity contribution in [2.24, 2.45) is 5.73 Å². The number of aromatic hydroxyl groups is 1. The second-order valence-electron chi connectivity index (χ2n) is 6.39. The second-order valence-corrected chi connectivity index (χ2v) is 7.42. The van der Waals surface area contributed by atoms with E-state index in [0.29, 0.717) is 38.5 Å². The Labute approximate surface area is 160 Å². The number of benzene rings is 2. The van der Waals surface area contributed by atoms with Gasteiger partial charge in [-0.05, 0) is 24.3 Å². The van der Waals surface area contributed by atoms with E-state index in [1.165, 1.54) is 0 Å². The number of primary amides is 1. The van der Waals surface area contributed by atoms with E-state index >= 15 is 0 Å². The molecule has 4 N–H and O–H groups in total. The fourth-order valence-corrected chi connectivity index (χ4v) is 4.15. The SMILES string of the molecule is NC(=O)NCCN1CCOc2c(O)cc(-c3nc4ccccc4s3)cc2C1. The van der Waals surface area contributed by atoms with Gasteiger partial charge in [-0.25, -0.2) is 9.78 Å². The lowest BCUT2D eigenvalue weighted by atomic mass is 10.1. The molecule has 1 aromatic heterocycles. The van der Waals surface area contributed by atoms with Crippen LogP contribution in [0.2, 0.25) is 0 Å². The number of thiazole rings is 1. The molecule has 0 bridgehead atoms. The highest BCUT2D eigenvalue weighted by atomic mass is 32.1. The van der Waals surface area contributed by atoms with Gasteiger partial charge in [-0.1, -0.05) is 12.1 Å². The molecule has 27 heavy (non-hydrogen) atoms. The maximum Gasteiger partial charge on any atom is 0.312 e. The third-order valence-corrected chi connectivity index (χ3v) is 5.55. The maximum atomic E-state index is 10.9. The summed E-state index contributed by atoms with van der Waals surface area (Å²) in [5, 5.41) is 14.0. The predicted octanol–water partition coefficient (Wildman–Crippen LogP) is 2.53. The number of aromatic nitrogens is 1. The number of carbonyl (C=O) groups is 1. The molecule has 140 valence electrons. The number of phenolic OH excluding ortho intramolecular Hbond substituents is 1. The lowest BCUT2D eigenvalue weighted by Gasteiger charge is -2.19. The van der Waals surface area contributed by atoms with Gasteiger partial charge < -0.3 is 20.9 Å². The van der Waals surface area contributed by atoms with Crippen LogP contribution in [0.25, 0.3) is 20.8 Å². The van der Waals surface area contributed by atoms with Crippen LogP contribution in [-0.2, 0) is 6.54 Å². The highest BCUT2D eigenvalue weighted by Crippen LogP contribution is 2.39. The van der Waals surface area contributed by atoms with Gasteiger partial charge in [-0.2, -0.15) is 0 Å². The monoisotopic (exact) mass is 384 g/mol. The Bertz CT molecular complexity index is 955. The summed E-state index contributed by atoms with van der Waals surface area (Å²) >= 11 is 1.59. The van der Waals surface area contributed by atoms with Gasteiger partial charge in [0.15, 0.2) is 11.5 Å². The summed E-state index contributed by atoms with van der Waals surface area (Å²) in [6, 6.07) is 11.2. The van der Waals surface area contributed by atoms with Gasteiger partial charge in [0.1, 0.15) is 11.6 Å². The van der Waals surface area contributed by atoms with E-state index in [9.17, 15) is 9.90 Å². The first-order valence-electron chi connectivity index (χ1n) is 8.70. The number of urea groups is 1. The number of rotatable bonds is 4. The standard InChI is InChI=1S/C19H20N4O3S/c20-19(25)21-5-6-23-7-8-26-17-13(11-23)9-12(10-15(17)24)18-22-14-3-1-2-4-16(14)27-18/h1-4,9-10,24H,5-8,11H2,(H3,20,21,25). The van der Waals surface area contributed by atoms with Crippen LogP contribution < -0.4 is 15.8 Å². The predicted molar refractivity (Wildman–Crippen MR) is 105 cm³/mol. The van der Waals surface area contributed by atoms with Crippen LogP contribution in [0.4, 0.5) is 4.79 Å². The Hall–Kier alpha value is -2.84. The summed E-state index contributed by atoms with van der Waals surface area (Å²) in [6.45, 7) is 2.90. The minimum absolute atomic E-state index is 0.124. The zero-order chi connectivity index (χ0) is 18.8. The zero-order valence-electron chi connectivity index (χ0n) is 14.6. The Morgan fingerprint density at radius 1 is 1.37 bits per heavy atom. The van der Waals surface area contributed by atoms with Gasteiger partial charge in [-0.3, -0.25) is 4.90 Å². The number of phenols is 1. The number of nitrogens with zero attached hydrogens (tertiary/aromatic N) is 2. The first kappa shape index (κ1) is 17.6. The number of nitrogens with one attached hydrogen (secondary N) is 1. The van der Waals surface area contributed by atoms with Crippen molar-refractivity contribution in [1.82, 2.24) is 15.2 Å². The number of para-hydroxylation sites is 1. The van der Waals surface area contributed by atoms with Crippen molar-refractivity contribution in [2.75, 3.05) is 26.2 Å². The van der Waals surface area contributed by atoms with Gasteiger partial charge in [0, 0.05) is 37.3 Å². The van der Waals surface area contributed by atoms with Crippen molar-refractivity contribution >= 4 is 27.6 Å². The molecule has 0 spiro atoms. The lowest BCUT2D eigenvalue weighted by Crippen LogP contribution is -2.37. The second kappa shape index (κ2) is 7.42. The summed E-state index contributed by atoms with van der Waals surface area (Å²) in [5.41, 5.74) is 7.84. The van der Waals surface area contributed by atoms with Gasteiger partial charge in [-0.15, -0.1) is 11.3 Å². The molecular weight excluding hydrogens is 364 g/mol. The van der Waals surface area contributed by atoms with Crippen LogP contribution in [0.15, 0.2) is 36.4 Å². The summed E-state index contributed by atoms with van der Waals surface area (Å²) in [6.07, 6.45) is 0. The molecule has 0 saturated heterocycles. The van der Waals surface area contributed by atoms with Gasteiger partial charge in [0.2, 0.25) is 0 Å². The zero-order valence-corrected chi connectivity index (χ0v) is 15.5. The largest absolute Gasteiger partial charge is 0.504 e. The van der Waals surface area contributed by atoms with Crippen LogP contribution >= 0.6 is 11.3 Å². The third kappa shape index (κ3) is 3.81. The topological polar surface area (TPSA) is 101 Å². The summed E-state index contributed by atoms with van der Waals surface area (Å²) in [7, 11) is 0. The summed E-state index contributed by atoms with van der Waals surface area (Å²) in [4.78, 5) is 17.7. The summed E-state index contributed by atoms with van der Waals surface area (Å²) in [5.74, 6) is 0.643. The molecule has 0 atom stereocenters. The number of carbonyl (C=O) groups excluding carboxylic acids is 1. The number of fused-ring (bicyclic) bond motifs is 2. The van der Waals surface area contributed by atoms with Gasteiger partial charge in [0.05, 0.1) is 10.2 Å². The molecule has 2 aromatic carbocycles. The molecule has 2 amide bonds. The van der Waals surface area contributed by atoms with E-state index in [2.05, 4.69) is 15.2 Å². The molecular formula is C19H20N4O3S. The Morgan fingerprint density at radius 2 is 2.22 bits per heavy atom. The molecule has 2 heterocycles. The van der Waals surface area contributed by atoms with Crippen molar-refractivity contribution in [3.63, 3.8) is 0 Å². The van der Waals surface area contributed by atoms with E-state index in [1.54, 1.807) is 17.4 Å². The van der Waals surface area contributed by atoms with Crippen LogP contribution in [0, 0.1) is 0 Å². The molecule has 1 aliphatic rings. The van der Waals surface area contributed by atoms with E-state index in [0.717, 1.165) is 26.4 Å². The molecule has 0 aliphatic carbocycles. The number of nitrogens with two attached hydrogens (primary N) is 1. The van der Waals surface area contributed by atoms with Crippen LogP contribution in [0.5, 0.6) is 11.5 Å². The molecule has 4 rings (SSSR count). The van der Waals surface area contributed by atoms with Crippen LogP contribution in [0.1, 0.15) is 5.56 Å².